The zero-order valence-corrected chi connectivity index (χ0v) is 9.87. The van der Waals surface area contributed by atoms with Crippen LogP contribution in [-0.2, 0) is 4.79 Å². The van der Waals surface area contributed by atoms with Crippen LogP contribution in [0.2, 0.25) is 0 Å². The van der Waals surface area contributed by atoms with E-state index in [4.69, 9.17) is 10.2 Å². The first-order chi connectivity index (χ1) is 7.82. The van der Waals surface area contributed by atoms with Crippen LogP contribution >= 0.6 is 11.8 Å². The maximum atomic E-state index is 11.1. The number of hydrogen-bond acceptors (Lipinski definition) is 5. The maximum absolute atomic E-state index is 11.1. The number of carbonyl (C=O) groups is 2. The molecule has 1 aromatic heterocycles. The third-order valence-electron chi connectivity index (χ3n) is 1.94. The number of aromatic carboxylic acids is 1. The Balaban J connectivity index is 3.26. The largest absolute Gasteiger partial charge is 0.480 e. The fourth-order valence-electron chi connectivity index (χ4n) is 1.11. The van der Waals surface area contributed by atoms with Crippen molar-refractivity contribution in [2.75, 3.05) is 0 Å². The van der Waals surface area contributed by atoms with Crippen molar-refractivity contribution >= 4 is 23.7 Å². The van der Waals surface area contributed by atoms with Crippen LogP contribution in [0.3, 0.4) is 0 Å². The molecular formula is C9H10N2O5S. The molecule has 0 saturated carbocycles. The number of nitrogens with one attached hydrogen (secondary N) is 1. The van der Waals surface area contributed by atoms with Gasteiger partial charge in [0.2, 0.25) is 0 Å². The zero-order valence-electron chi connectivity index (χ0n) is 9.05. The van der Waals surface area contributed by atoms with Gasteiger partial charge in [-0.05, 0) is 13.8 Å². The number of hydrogen-bond donors (Lipinski definition) is 3. The van der Waals surface area contributed by atoms with Gasteiger partial charge in [0.1, 0.15) is 15.8 Å². The van der Waals surface area contributed by atoms with Gasteiger partial charge in [0.05, 0.1) is 0 Å². The summed E-state index contributed by atoms with van der Waals surface area (Å²) in [6, 6.07) is 0. The van der Waals surface area contributed by atoms with E-state index in [1.54, 1.807) is 0 Å². The van der Waals surface area contributed by atoms with Crippen molar-refractivity contribution in [3.05, 3.63) is 21.7 Å². The highest BCUT2D eigenvalue weighted by atomic mass is 32.2. The van der Waals surface area contributed by atoms with E-state index in [-0.39, 0.29) is 16.3 Å². The first kappa shape index (κ1) is 13.2. The monoisotopic (exact) mass is 258 g/mol. The van der Waals surface area contributed by atoms with Crippen LogP contribution in [-0.4, -0.2) is 37.4 Å². The molecule has 0 radical (unpaired) electrons. The number of carboxylic acids is 2. The summed E-state index contributed by atoms with van der Waals surface area (Å²) in [5.74, 6) is -2.36. The van der Waals surface area contributed by atoms with Crippen molar-refractivity contribution in [1.82, 2.24) is 9.97 Å². The molecule has 1 atom stereocenters. The van der Waals surface area contributed by atoms with Gasteiger partial charge in [-0.2, -0.15) is 4.98 Å². The minimum absolute atomic E-state index is 0.0892. The van der Waals surface area contributed by atoms with E-state index in [1.165, 1.54) is 13.8 Å². The van der Waals surface area contributed by atoms with Gasteiger partial charge in [0, 0.05) is 5.69 Å². The van der Waals surface area contributed by atoms with Crippen LogP contribution in [0.4, 0.5) is 0 Å². The predicted molar refractivity (Wildman–Crippen MR) is 59.5 cm³/mol. The highest BCUT2D eigenvalue weighted by Crippen LogP contribution is 2.25. The fourth-order valence-corrected chi connectivity index (χ4v) is 2.04. The number of aromatic amines is 1. The van der Waals surface area contributed by atoms with Crippen LogP contribution in [0.15, 0.2) is 9.82 Å². The SMILES string of the molecule is Cc1[nH]c(=O)nc(SC(C)C(=O)O)c1C(=O)O. The van der Waals surface area contributed by atoms with Gasteiger partial charge in [-0.1, -0.05) is 11.8 Å². The number of aryl methyl sites for hydroxylation is 1. The zero-order chi connectivity index (χ0) is 13.2. The van der Waals surface area contributed by atoms with Crippen LogP contribution in [0.5, 0.6) is 0 Å². The van der Waals surface area contributed by atoms with Crippen molar-refractivity contribution in [3.8, 4) is 0 Å². The average molecular weight is 258 g/mol. The van der Waals surface area contributed by atoms with E-state index in [2.05, 4.69) is 9.97 Å². The number of rotatable bonds is 4. The van der Waals surface area contributed by atoms with Crippen molar-refractivity contribution in [2.45, 2.75) is 24.1 Å². The van der Waals surface area contributed by atoms with E-state index in [0.29, 0.717) is 0 Å². The Morgan fingerprint density at radius 3 is 2.47 bits per heavy atom. The van der Waals surface area contributed by atoms with E-state index in [0.717, 1.165) is 11.8 Å². The van der Waals surface area contributed by atoms with Crippen LogP contribution in [0, 0.1) is 6.92 Å². The Morgan fingerprint density at radius 2 is 2.00 bits per heavy atom. The summed E-state index contributed by atoms with van der Waals surface area (Å²) < 4.78 is 0. The number of aliphatic carboxylic acids is 1. The molecule has 1 rings (SSSR count). The second kappa shape index (κ2) is 5.00. The van der Waals surface area contributed by atoms with Crippen molar-refractivity contribution in [2.24, 2.45) is 0 Å². The standard InChI is InChI=1S/C9H10N2O5S/c1-3-5(8(14)15)6(11-9(16)10-3)17-4(2)7(12)13/h4H,1-2H3,(H,12,13)(H,14,15)(H,10,11,16). The summed E-state index contributed by atoms with van der Waals surface area (Å²) in [6.45, 7) is 2.80. The van der Waals surface area contributed by atoms with Gasteiger partial charge in [0.25, 0.3) is 0 Å². The molecule has 0 saturated heterocycles. The molecule has 0 fully saturated rings. The number of carboxylic acid groups (broad SMARTS) is 2. The molecular weight excluding hydrogens is 248 g/mol. The Bertz CT molecular complexity index is 525. The van der Waals surface area contributed by atoms with Crippen LogP contribution in [0.1, 0.15) is 23.0 Å². The molecule has 17 heavy (non-hydrogen) atoms. The lowest BCUT2D eigenvalue weighted by atomic mass is 10.2. The van der Waals surface area contributed by atoms with Crippen molar-refractivity contribution < 1.29 is 19.8 Å². The summed E-state index contributed by atoms with van der Waals surface area (Å²) in [6.07, 6.45) is 0. The second-order valence-electron chi connectivity index (χ2n) is 3.25. The summed E-state index contributed by atoms with van der Waals surface area (Å²) >= 11 is 0.723. The van der Waals surface area contributed by atoms with Gasteiger partial charge in [-0.3, -0.25) is 4.79 Å². The molecule has 0 bridgehead atoms. The molecule has 0 spiro atoms. The lowest BCUT2D eigenvalue weighted by Gasteiger charge is -2.09. The maximum Gasteiger partial charge on any atom is 0.346 e. The normalized spacial score (nSPS) is 12.1. The molecule has 0 aliphatic carbocycles. The Morgan fingerprint density at radius 1 is 1.41 bits per heavy atom. The molecule has 1 aromatic rings. The minimum atomic E-state index is -1.26. The van der Waals surface area contributed by atoms with E-state index in [1.807, 2.05) is 0 Å². The second-order valence-corrected chi connectivity index (χ2v) is 4.58. The van der Waals surface area contributed by atoms with Gasteiger partial charge in [0.15, 0.2) is 0 Å². The number of nitrogens with zero attached hydrogens (tertiary/aromatic N) is 1. The van der Waals surface area contributed by atoms with Crippen molar-refractivity contribution in [3.63, 3.8) is 0 Å². The molecule has 7 nitrogen and oxygen atoms in total. The summed E-state index contributed by atoms with van der Waals surface area (Å²) in [5, 5.41) is 16.7. The summed E-state index contributed by atoms with van der Waals surface area (Å²) in [7, 11) is 0. The molecule has 0 aliphatic heterocycles. The van der Waals surface area contributed by atoms with E-state index < -0.39 is 22.9 Å². The topological polar surface area (TPSA) is 120 Å². The van der Waals surface area contributed by atoms with E-state index in [9.17, 15) is 14.4 Å². The number of thioether (sulfide) groups is 1. The lowest BCUT2D eigenvalue weighted by molar-refractivity contribution is -0.136. The summed E-state index contributed by atoms with van der Waals surface area (Å²) in [5.41, 5.74) is -0.729. The molecule has 0 aliphatic rings. The van der Waals surface area contributed by atoms with E-state index >= 15 is 0 Å². The Kier molecular flexibility index (Phi) is 3.89. The molecule has 1 unspecified atom stereocenters. The van der Waals surface area contributed by atoms with Gasteiger partial charge in [-0.15, -0.1) is 0 Å². The minimum Gasteiger partial charge on any atom is -0.480 e. The number of aromatic nitrogens is 2. The average Bonchev–Trinajstić information content (AvgIpc) is 2.14. The number of H-pyrrole nitrogens is 1. The van der Waals surface area contributed by atoms with Crippen LogP contribution < -0.4 is 5.69 Å². The quantitative estimate of drug-likeness (QED) is 0.526. The summed E-state index contributed by atoms with van der Waals surface area (Å²) in [4.78, 5) is 38.5. The molecule has 92 valence electrons. The molecule has 0 aromatic carbocycles. The van der Waals surface area contributed by atoms with Crippen molar-refractivity contribution in [1.29, 1.82) is 0 Å². The lowest BCUT2D eigenvalue weighted by Crippen LogP contribution is -2.20. The first-order valence-electron chi connectivity index (χ1n) is 4.56. The highest BCUT2D eigenvalue weighted by Gasteiger charge is 2.21. The third-order valence-corrected chi connectivity index (χ3v) is 3.01. The molecule has 3 N–H and O–H groups in total. The molecule has 1 heterocycles. The first-order valence-corrected chi connectivity index (χ1v) is 5.44. The third kappa shape index (κ3) is 3.06. The predicted octanol–water partition coefficient (Wildman–Crippen LogP) is 0.342. The van der Waals surface area contributed by atoms with Gasteiger partial charge < -0.3 is 15.2 Å². The van der Waals surface area contributed by atoms with Gasteiger partial charge >= 0.3 is 17.6 Å². The van der Waals surface area contributed by atoms with Crippen LogP contribution in [0.25, 0.3) is 0 Å². The molecule has 0 amide bonds. The fraction of sp³-hybridized carbons (Fsp3) is 0.333. The Labute approximate surface area is 99.9 Å². The smallest absolute Gasteiger partial charge is 0.346 e. The highest BCUT2D eigenvalue weighted by molar-refractivity contribution is 8.00. The van der Waals surface area contributed by atoms with Gasteiger partial charge in [-0.25, -0.2) is 9.59 Å². The molecule has 8 heteroatoms. The Hall–Kier alpha value is -1.83.